The number of aryl methyl sites for hydroxylation is 1. The second-order valence-electron chi connectivity index (χ2n) is 6.63. The molecule has 3 aromatic heterocycles. The summed E-state index contributed by atoms with van der Waals surface area (Å²) in [5.41, 5.74) is 4.19. The smallest absolute Gasteiger partial charge is 0.272 e. The Bertz CT molecular complexity index is 1280. The lowest BCUT2D eigenvalue weighted by atomic mass is 10.1. The van der Waals surface area contributed by atoms with Crippen molar-refractivity contribution < 1.29 is 4.79 Å². The van der Waals surface area contributed by atoms with Crippen LogP contribution in [0.1, 0.15) is 10.5 Å². The molecule has 0 unspecified atom stereocenters. The number of carbonyl (C=O) groups excluding carboxylic acids is 1. The molecule has 28 heavy (non-hydrogen) atoms. The first-order valence-electron chi connectivity index (χ1n) is 8.95. The highest BCUT2D eigenvalue weighted by atomic mass is 16.1. The molecule has 3 heterocycles. The van der Waals surface area contributed by atoms with Gasteiger partial charge in [-0.25, -0.2) is 9.97 Å². The van der Waals surface area contributed by atoms with E-state index < -0.39 is 0 Å². The summed E-state index contributed by atoms with van der Waals surface area (Å²) in [4.78, 5) is 21.5. The van der Waals surface area contributed by atoms with Crippen molar-refractivity contribution >= 4 is 28.3 Å². The summed E-state index contributed by atoms with van der Waals surface area (Å²) in [6, 6.07) is 19.4. The Kier molecular flexibility index (Phi) is 3.69. The lowest BCUT2D eigenvalue weighted by Gasteiger charge is -2.07. The zero-order valence-corrected chi connectivity index (χ0v) is 15.2. The summed E-state index contributed by atoms with van der Waals surface area (Å²) in [5.74, 6) is 0.522. The number of aromatic nitrogens is 4. The molecule has 0 aliphatic rings. The lowest BCUT2D eigenvalue weighted by Crippen LogP contribution is -2.15. The van der Waals surface area contributed by atoms with Crippen LogP contribution in [0.3, 0.4) is 0 Å². The summed E-state index contributed by atoms with van der Waals surface area (Å²) in [6.45, 7) is 0. The Labute approximate surface area is 161 Å². The van der Waals surface area contributed by atoms with Gasteiger partial charge in [0, 0.05) is 47.8 Å². The number of amides is 1. The first kappa shape index (κ1) is 16.3. The Morgan fingerprint density at radius 2 is 1.86 bits per heavy atom. The van der Waals surface area contributed by atoms with Crippen LogP contribution in [-0.2, 0) is 7.05 Å². The summed E-state index contributed by atoms with van der Waals surface area (Å²) in [6.07, 6.45) is 5.57. The minimum absolute atomic E-state index is 0.136. The number of carbonyl (C=O) groups is 1. The largest absolute Gasteiger partial charge is 0.340 e. The first-order chi connectivity index (χ1) is 13.7. The van der Waals surface area contributed by atoms with E-state index in [2.05, 4.69) is 15.3 Å². The number of rotatable bonds is 3. The van der Waals surface area contributed by atoms with Crippen molar-refractivity contribution in [3.8, 4) is 11.3 Å². The molecule has 0 aliphatic heterocycles. The standard InChI is InChI=1S/C22H17N5O/c1-26-19-6-3-2-5-16(19)13-20(26)21(28)24-17-9-7-15(8-10-17)18-14-27-12-4-11-23-22(27)25-18/h2-14H,1H3,(H,24,28). The van der Waals surface area contributed by atoms with Crippen molar-refractivity contribution in [2.24, 2.45) is 7.05 Å². The zero-order chi connectivity index (χ0) is 19.1. The van der Waals surface area contributed by atoms with Gasteiger partial charge in [-0.1, -0.05) is 30.3 Å². The third kappa shape index (κ3) is 2.72. The van der Waals surface area contributed by atoms with Crippen LogP contribution < -0.4 is 5.32 Å². The predicted octanol–water partition coefficient (Wildman–Crippen LogP) is 4.14. The fraction of sp³-hybridized carbons (Fsp3) is 0.0455. The van der Waals surface area contributed by atoms with Crippen molar-refractivity contribution in [2.75, 3.05) is 5.32 Å². The van der Waals surface area contributed by atoms with E-state index in [9.17, 15) is 4.79 Å². The van der Waals surface area contributed by atoms with E-state index in [-0.39, 0.29) is 5.91 Å². The average Bonchev–Trinajstić information content (AvgIpc) is 3.30. The molecule has 0 saturated carbocycles. The summed E-state index contributed by atoms with van der Waals surface area (Å²) in [5, 5.41) is 4.01. The molecule has 5 rings (SSSR count). The number of benzene rings is 2. The highest BCUT2D eigenvalue weighted by molar-refractivity contribution is 6.06. The number of para-hydroxylation sites is 1. The van der Waals surface area contributed by atoms with Crippen LogP contribution >= 0.6 is 0 Å². The third-order valence-electron chi connectivity index (χ3n) is 4.86. The van der Waals surface area contributed by atoms with E-state index in [0.717, 1.165) is 27.8 Å². The molecule has 2 aromatic carbocycles. The van der Waals surface area contributed by atoms with Gasteiger partial charge in [0.1, 0.15) is 5.69 Å². The van der Waals surface area contributed by atoms with Gasteiger partial charge in [0.25, 0.3) is 5.91 Å². The minimum atomic E-state index is -0.136. The molecule has 0 radical (unpaired) electrons. The number of imidazole rings is 1. The van der Waals surface area contributed by atoms with Crippen molar-refractivity contribution in [3.63, 3.8) is 0 Å². The molecule has 1 N–H and O–H groups in total. The van der Waals surface area contributed by atoms with Crippen LogP contribution in [0.4, 0.5) is 5.69 Å². The van der Waals surface area contributed by atoms with Gasteiger partial charge in [-0.3, -0.25) is 9.20 Å². The highest BCUT2D eigenvalue weighted by Gasteiger charge is 2.13. The highest BCUT2D eigenvalue weighted by Crippen LogP contribution is 2.22. The Morgan fingerprint density at radius 3 is 2.64 bits per heavy atom. The van der Waals surface area contributed by atoms with Crippen LogP contribution in [-0.4, -0.2) is 24.8 Å². The molecule has 0 spiro atoms. The van der Waals surface area contributed by atoms with E-state index in [4.69, 9.17) is 0 Å². The second kappa shape index (κ2) is 6.35. The van der Waals surface area contributed by atoms with E-state index in [0.29, 0.717) is 11.5 Å². The fourth-order valence-corrected chi connectivity index (χ4v) is 3.40. The maximum absolute atomic E-state index is 12.7. The van der Waals surface area contributed by atoms with Crippen LogP contribution in [0.2, 0.25) is 0 Å². The van der Waals surface area contributed by atoms with Crippen LogP contribution in [0, 0.1) is 0 Å². The first-order valence-corrected chi connectivity index (χ1v) is 8.95. The number of hydrogen-bond donors (Lipinski definition) is 1. The topological polar surface area (TPSA) is 64.2 Å². The average molecular weight is 367 g/mol. The lowest BCUT2D eigenvalue weighted by molar-refractivity contribution is 0.102. The number of fused-ring (bicyclic) bond motifs is 2. The maximum atomic E-state index is 12.7. The predicted molar refractivity (Wildman–Crippen MR) is 109 cm³/mol. The Hall–Kier alpha value is -3.93. The van der Waals surface area contributed by atoms with Gasteiger partial charge in [0.15, 0.2) is 0 Å². The van der Waals surface area contributed by atoms with Crippen molar-refractivity contribution in [2.45, 2.75) is 0 Å². The van der Waals surface area contributed by atoms with Crippen molar-refractivity contribution in [1.82, 2.24) is 18.9 Å². The molecule has 6 nitrogen and oxygen atoms in total. The number of anilines is 1. The molecule has 0 atom stereocenters. The number of nitrogens with zero attached hydrogens (tertiary/aromatic N) is 4. The third-order valence-corrected chi connectivity index (χ3v) is 4.86. The second-order valence-corrected chi connectivity index (χ2v) is 6.63. The van der Waals surface area contributed by atoms with Crippen LogP contribution in [0.15, 0.2) is 79.3 Å². The van der Waals surface area contributed by atoms with Gasteiger partial charge in [-0.05, 0) is 30.3 Å². The molecule has 0 saturated heterocycles. The number of hydrogen-bond acceptors (Lipinski definition) is 3. The molecule has 0 fully saturated rings. The van der Waals surface area contributed by atoms with Gasteiger partial charge >= 0.3 is 0 Å². The zero-order valence-electron chi connectivity index (χ0n) is 15.2. The fourth-order valence-electron chi connectivity index (χ4n) is 3.40. The van der Waals surface area contributed by atoms with E-state index in [1.807, 2.05) is 89.1 Å². The van der Waals surface area contributed by atoms with E-state index >= 15 is 0 Å². The quantitative estimate of drug-likeness (QED) is 0.521. The van der Waals surface area contributed by atoms with Gasteiger partial charge in [0.05, 0.1) is 5.69 Å². The van der Waals surface area contributed by atoms with Crippen molar-refractivity contribution in [3.05, 3.63) is 84.9 Å². The van der Waals surface area contributed by atoms with E-state index in [1.54, 1.807) is 6.20 Å². The Balaban J connectivity index is 1.39. The molecule has 6 heteroatoms. The molecular weight excluding hydrogens is 350 g/mol. The molecule has 0 aliphatic carbocycles. The summed E-state index contributed by atoms with van der Waals surface area (Å²) < 4.78 is 3.79. The molecule has 1 amide bonds. The number of nitrogens with one attached hydrogen (secondary N) is 1. The van der Waals surface area contributed by atoms with E-state index in [1.165, 1.54) is 0 Å². The van der Waals surface area contributed by atoms with Crippen LogP contribution in [0.5, 0.6) is 0 Å². The minimum Gasteiger partial charge on any atom is -0.340 e. The maximum Gasteiger partial charge on any atom is 0.272 e. The van der Waals surface area contributed by atoms with Gasteiger partial charge in [0.2, 0.25) is 5.78 Å². The molecule has 136 valence electrons. The SMILES string of the molecule is Cn1c(C(=O)Nc2ccc(-c3cn4cccnc4n3)cc2)cc2ccccc21. The van der Waals surface area contributed by atoms with Crippen LogP contribution in [0.25, 0.3) is 27.9 Å². The summed E-state index contributed by atoms with van der Waals surface area (Å²) >= 11 is 0. The van der Waals surface area contributed by atoms with Gasteiger partial charge in [-0.2, -0.15) is 0 Å². The normalized spacial score (nSPS) is 11.2. The molecular formula is C22H17N5O. The Morgan fingerprint density at radius 1 is 1.04 bits per heavy atom. The van der Waals surface area contributed by atoms with Gasteiger partial charge in [-0.15, -0.1) is 0 Å². The summed E-state index contributed by atoms with van der Waals surface area (Å²) in [7, 11) is 1.90. The monoisotopic (exact) mass is 367 g/mol. The van der Waals surface area contributed by atoms with Gasteiger partial charge < -0.3 is 9.88 Å². The van der Waals surface area contributed by atoms with Crippen molar-refractivity contribution in [1.29, 1.82) is 0 Å². The molecule has 0 bridgehead atoms. The molecule has 5 aromatic rings.